The van der Waals surface area contributed by atoms with Crippen molar-refractivity contribution in [2.24, 2.45) is 0 Å². The molecule has 3 N–H and O–H groups in total. The molecule has 0 spiro atoms. The molecule has 0 aliphatic carbocycles. The van der Waals surface area contributed by atoms with Crippen LogP contribution < -0.4 is 15.4 Å². The highest BCUT2D eigenvalue weighted by atomic mass is 32.2. The third-order valence-electron chi connectivity index (χ3n) is 4.26. The Morgan fingerprint density at radius 1 is 1.14 bits per heavy atom. The van der Waals surface area contributed by atoms with Crippen LogP contribution in [0.2, 0.25) is 0 Å². The molecule has 0 heterocycles. The zero-order valence-electron chi connectivity index (χ0n) is 17.2. The third-order valence-corrected chi connectivity index (χ3v) is 6.07. The summed E-state index contributed by atoms with van der Waals surface area (Å²) in [6, 6.07) is -0.104. The van der Waals surface area contributed by atoms with Crippen molar-refractivity contribution >= 4 is 27.9 Å². The van der Waals surface area contributed by atoms with Gasteiger partial charge in [-0.25, -0.2) is 13.2 Å². The van der Waals surface area contributed by atoms with Gasteiger partial charge in [0.05, 0.1) is 4.90 Å². The zero-order valence-corrected chi connectivity index (χ0v) is 18.0. The number of benzene rings is 1. The molecule has 1 aromatic rings. The number of ether oxygens (including phenoxy) is 1. The van der Waals surface area contributed by atoms with E-state index in [0.29, 0.717) is 11.1 Å². The summed E-state index contributed by atoms with van der Waals surface area (Å²) in [5.74, 6) is -1.80. The molecule has 0 aromatic heterocycles. The molecule has 1 atom stereocenters. The molecule has 0 aliphatic rings. The minimum Gasteiger partial charge on any atom is -0.454 e. The van der Waals surface area contributed by atoms with Crippen LogP contribution in [0, 0.1) is 27.7 Å². The van der Waals surface area contributed by atoms with Crippen molar-refractivity contribution in [2.45, 2.75) is 45.6 Å². The molecular formula is C19H27N3O6S. The summed E-state index contributed by atoms with van der Waals surface area (Å²) in [5, 5.41) is 4.28. The number of carbonyl (C=O) groups is 3. The van der Waals surface area contributed by atoms with Gasteiger partial charge in [-0.15, -0.1) is 6.58 Å². The number of aryl methyl sites for hydroxylation is 2. The number of nitrogens with one attached hydrogen (secondary N) is 3. The molecule has 0 saturated carbocycles. The van der Waals surface area contributed by atoms with E-state index in [2.05, 4.69) is 16.6 Å². The van der Waals surface area contributed by atoms with E-state index in [-0.39, 0.29) is 11.4 Å². The molecule has 1 aromatic carbocycles. The van der Waals surface area contributed by atoms with Gasteiger partial charge in [-0.1, -0.05) is 12.1 Å². The number of carbonyl (C=O) groups excluding carboxylic acids is 3. The van der Waals surface area contributed by atoms with Gasteiger partial charge in [0.15, 0.2) is 6.61 Å². The topological polar surface area (TPSA) is 131 Å². The van der Waals surface area contributed by atoms with Crippen LogP contribution >= 0.6 is 0 Å². The minimum atomic E-state index is -4.00. The summed E-state index contributed by atoms with van der Waals surface area (Å²) in [7, 11) is -4.00. The van der Waals surface area contributed by atoms with Crippen LogP contribution in [0.1, 0.15) is 29.2 Å². The van der Waals surface area contributed by atoms with Gasteiger partial charge < -0.3 is 10.1 Å². The van der Waals surface area contributed by atoms with Crippen molar-refractivity contribution in [3.8, 4) is 0 Å². The maximum Gasteiger partial charge on any atom is 0.324 e. The van der Waals surface area contributed by atoms with E-state index in [4.69, 9.17) is 4.74 Å². The fourth-order valence-electron chi connectivity index (χ4n) is 2.56. The second kappa shape index (κ2) is 10.2. The molecular weight excluding hydrogens is 398 g/mol. The quantitative estimate of drug-likeness (QED) is 0.423. The van der Waals surface area contributed by atoms with E-state index in [1.165, 1.54) is 13.0 Å². The number of urea groups is 1. The second-order valence-corrected chi connectivity index (χ2v) is 8.24. The van der Waals surface area contributed by atoms with Crippen LogP contribution in [-0.4, -0.2) is 45.5 Å². The number of hydrogen-bond acceptors (Lipinski definition) is 6. The number of rotatable bonds is 8. The van der Waals surface area contributed by atoms with Gasteiger partial charge in [0.25, 0.3) is 5.91 Å². The maximum absolute atomic E-state index is 12.8. The van der Waals surface area contributed by atoms with Gasteiger partial charge in [-0.3, -0.25) is 14.9 Å². The molecule has 3 amide bonds. The molecule has 9 nitrogen and oxygen atoms in total. The first kappa shape index (κ1) is 24.3. The number of amides is 3. The third kappa shape index (κ3) is 6.68. The summed E-state index contributed by atoms with van der Waals surface area (Å²) in [4.78, 5) is 35.1. The number of esters is 1. The second-order valence-electron chi connectivity index (χ2n) is 6.59. The van der Waals surface area contributed by atoms with Crippen molar-refractivity contribution in [1.29, 1.82) is 0 Å². The lowest BCUT2D eigenvalue weighted by atomic mass is 10.0. The molecule has 0 fully saturated rings. The van der Waals surface area contributed by atoms with E-state index < -0.39 is 40.6 Å². The lowest BCUT2D eigenvalue weighted by molar-refractivity contribution is -0.149. The monoisotopic (exact) mass is 425 g/mol. The molecule has 0 saturated heterocycles. The smallest absolute Gasteiger partial charge is 0.324 e. The molecule has 1 rings (SSSR count). The standard InChI is InChI=1S/C19H27N3O6S/c1-7-8-20-19(25)21-16(23)10-28-18(24)15(6)22-29(26,27)17-13(4)11(2)9-12(3)14(17)5/h7,9,15,22H,1,8,10H2,2-6H3,(H2,20,21,23,25)/t15-/m0/s1. The Hall–Kier alpha value is -2.72. The predicted molar refractivity (Wildman–Crippen MR) is 108 cm³/mol. The molecule has 0 bridgehead atoms. The van der Waals surface area contributed by atoms with Crippen LogP contribution in [0.25, 0.3) is 0 Å². The summed E-state index contributed by atoms with van der Waals surface area (Å²) in [6.07, 6.45) is 1.43. The summed E-state index contributed by atoms with van der Waals surface area (Å²) >= 11 is 0. The number of hydrogen-bond donors (Lipinski definition) is 3. The van der Waals surface area contributed by atoms with Gasteiger partial charge in [0.2, 0.25) is 10.0 Å². The van der Waals surface area contributed by atoms with Crippen molar-refractivity contribution < 1.29 is 27.5 Å². The SMILES string of the molecule is C=CCNC(=O)NC(=O)COC(=O)[C@H](C)NS(=O)(=O)c1c(C)c(C)cc(C)c1C. The average Bonchev–Trinajstić information content (AvgIpc) is 2.62. The van der Waals surface area contributed by atoms with Gasteiger partial charge in [0.1, 0.15) is 6.04 Å². The molecule has 29 heavy (non-hydrogen) atoms. The van der Waals surface area contributed by atoms with E-state index in [9.17, 15) is 22.8 Å². The predicted octanol–water partition coefficient (Wildman–Crippen LogP) is 1.14. The summed E-state index contributed by atoms with van der Waals surface area (Å²) < 4.78 is 32.7. The number of imide groups is 1. The first-order valence-electron chi connectivity index (χ1n) is 8.85. The van der Waals surface area contributed by atoms with Gasteiger partial charge in [-0.05, 0) is 56.9 Å². The Bertz CT molecular complexity index is 898. The highest BCUT2D eigenvalue weighted by Crippen LogP contribution is 2.26. The fraction of sp³-hybridized carbons (Fsp3) is 0.421. The highest BCUT2D eigenvalue weighted by Gasteiger charge is 2.27. The van der Waals surface area contributed by atoms with E-state index >= 15 is 0 Å². The first-order chi connectivity index (χ1) is 13.4. The lowest BCUT2D eigenvalue weighted by Gasteiger charge is -2.18. The molecule has 0 unspecified atom stereocenters. The molecule has 0 aliphatic heterocycles. The molecule has 10 heteroatoms. The van der Waals surface area contributed by atoms with Crippen LogP contribution in [0.4, 0.5) is 4.79 Å². The van der Waals surface area contributed by atoms with Crippen LogP contribution in [0.15, 0.2) is 23.6 Å². The average molecular weight is 426 g/mol. The van der Waals surface area contributed by atoms with E-state index in [0.717, 1.165) is 11.1 Å². The zero-order chi connectivity index (χ0) is 22.4. The highest BCUT2D eigenvalue weighted by molar-refractivity contribution is 7.89. The van der Waals surface area contributed by atoms with Gasteiger partial charge >= 0.3 is 12.0 Å². The van der Waals surface area contributed by atoms with Crippen molar-refractivity contribution in [2.75, 3.05) is 13.2 Å². The Morgan fingerprint density at radius 2 is 1.69 bits per heavy atom. The van der Waals surface area contributed by atoms with E-state index in [1.54, 1.807) is 13.8 Å². The van der Waals surface area contributed by atoms with Crippen LogP contribution in [0.5, 0.6) is 0 Å². The largest absolute Gasteiger partial charge is 0.454 e. The Balaban J connectivity index is 2.77. The molecule has 160 valence electrons. The normalized spacial score (nSPS) is 12.0. The Labute approximate surface area is 170 Å². The lowest BCUT2D eigenvalue weighted by Crippen LogP contribution is -2.43. The Morgan fingerprint density at radius 3 is 2.21 bits per heavy atom. The van der Waals surface area contributed by atoms with Crippen LogP contribution in [0.3, 0.4) is 0 Å². The first-order valence-corrected chi connectivity index (χ1v) is 10.3. The van der Waals surface area contributed by atoms with Crippen molar-refractivity contribution in [3.05, 3.63) is 41.0 Å². The van der Waals surface area contributed by atoms with Crippen molar-refractivity contribution in [3.63, 3.8) is 0 Å². The van der Waals surface area contributed by atoms with Crippen molar-refractivity contribution in [1.82, 2.24) is 15.4 Å². The Kier molecular flexibility index (Phi) is 8.53. The summed E-state index contributed by atoms with van der Waals surface area (Å²) in [5.41, 5.74) is 2.81. The van der Waals surface area contributed by atoms with Crippen LogP contribution in [-0.2, 0) is 24.3 Å². The van der Waals surface area contributed by atoms with Gasteiger partial charge in [-0.2, -0.15) is 4.72 Å². The summed E-state index contributed by atoms with van der Waals surface area (Å²) in [6.45, 7) is 11.2. The van der Waals surface area contributed by atoms with Gasteiger partial charge in [0, 0.05) is 6.54 Å². The maximum atomic E-state index is 12.8. The molecule has 0 radical (unpaired) electrons. The fourth-order valence-corrected chi connectivity index (χ4v) is 4.36. The van der Waals surface area contributed by atoms with E-state index in [1.807, 2.05) is 25.2 Å². The number of sulfonamides is 1. The minimum absolute atomic E-state index is 0.117.